The molecule has 110 valence electrons. The molecule has 1 heterocycles. The number of ether oxygens (including phenoxy) is 1. The number of amidine groups is 1. The maximum atomic E-state index is 12.4. The molecule has 0 saturated heterocycles. The van der Waals surface area contributed by atoms with Gasteiger partial charge in [0.1, 0.15) is 11.6 Å². The van der Waals surface area contributed by atoms with Crippen molar-refractivity contribution in [3.8, 4) is 17.0 Å². The van der Waals surface area contributed by atoms with Crippen molar-refractivity contribution in [3.05, 3.63) is 52.3 Å². The number of pyridine rings is 1. The summed E-state index contributed by atoms with van der Waals surface area (Å²) in [5, 5.41) is 7.48. The molecule has 2 rings (SSSR count). The largest absolute Gasteiger partial charge is 0.497 e. The Hall–Kier alpha value is -2.56. The first kappa shape index (κ1) is 14.8. The Kier molecular flexibility index (Phi) is 4.42. The summed E-state index contributed by atoms with van der Waals surface area (Å²) < 4.78 is 6.81. The van der Waals surface area contributed by atoms with Gasteiger partial charge in [0.05, 0.1) is 18.4 Å². The summed E-state index contributed by atoms with van der Waals surface area (Å²) in [4.78, 5) is 12.4. The highest BCUT2D eigenvalue weighted by molar-refractivity contribution is 5.94. The van der Waals surface area contributed by atoms with E-state index in [1.54, 1.807) is 17.7 Å². The molecular weight excluding hydrogens is 266 g/mol. The number of rotatable bonds is 5. The number of benzene rings is 1. The molecule has 3 N–H and O–H groups in total. The van der Waals surface area contributed by atoms with Crippen LogP contribution in [0.4, 0.5) is 0 Å². The molecule has 0 amide bonds. The van der Waals surface area contributed by atoms with Gasteiger partial charge in [-0.15, -0.1) is 0 Å². The third-order valence-electron chi connectivity index (χ3n) is 3.30. The van der Waals surface area contributed by atoms with Gasteiger partial charge in [-0.3, -0.25) is 10.2 Å². The van der Waals surface area contributed by atoms with Gasteiger partial charge in [-0.25, -0.2) is 0 Å². The van der Waals surface area contributed by atoms with Crippen LogP contribution >= 0.6 is 0 Å². The Bertz CT molecular complexity index is 702. The Balaban J connectivity index is 2.59. The molecule has 0 radical (unpaired) electrons. The first-order valence-corrected chi connectivity index (χ1v) is 6.81. The van der Waals surface area contributed by atoms with Crippen LogP contribution in [-0.4, -0.2) is 17.5 Å². The Morgan fingerprint density at radius 2 is 1.90 bits per heavy atom. The van der Waals surface area contributed by atoms with Gasteiger partial charge in [0, 0.05) is 6.54 Å². The summed E-state index contributed by atoms with van der Waals surface area (Å²) in [6.07, 6.45) is 0.824. The van der Waals surface area contributed by atoms with E-state index in [0.717, 1.165) is 23.4 Å². The van der Waals surface area contributed by atoms with E-state index < -0.39 is 0 Å². The van der Waals surface area contributed by atoms with Crippen molar-refractivity contribution in [2.24, 2.45) is 5.73 Å². The first-order chi connectivity index (χ1) is 10.1. The van der Waals surface area contributed by atoms with Gasteiger partial charge >= 0.3 is 0 Å². The number of hydrogen-bond acceptors (Lipinski definition) is 3. The highest BCUT2D eigenvalue weighted by atomic mass is 16.5. The van der Waals surface area contributed by atoms with E-state index in [0.29, 0.717) is 6.54 Å². The minimum atomic E-state index is -0.224. The number of nitrogens with zero attached hydrogens (tertiary/aromatic N) is 1. The molecule has 21 heavy (non-hydrogen) atoms. The van der Waals surface area contributed by atoms with Crippen molar-refractivity contribution < 1.29 is 4.74 Å². The molecule has 0 bridgehead atoms. The molecule has 0 atom stereocenters. The average molecular weight is 285 g/mol. The molecule has 2 aromatic rings. The van der Waals surface area contributed by atoms with Crippen LogP contribution in [0.15, 0.2) is 41.2 Å². The maximum absolute atomic E-state index is 12.4. The lowest BCUT2D eigenvalue weighted by atomic mass is 10.1. The predicted octanol–water partition coefficient (Wildman–Crippen LogP) is 2.22. The Morgan fingerprint density at radius 1 is 1.24 bits per heavy atom. The minimum absolute atomic E-state index is 0.203. The maximum Gasteiger partial charge on any atom is 0.262 e. The van der Waals surface area contributed by atoms with Crippen molar-refractivity contribution in [2.45, 2.75) is 19.9 Å². The van der Waals surface area contributed by atoms with Crippen LogP contribution in [0.3, 0.4) is 0 Å². The SMILES string of the molecule is CCCn1c(-c2ccc(OC)cc2)ccc(C(=N)N)c1=O. The third kappa shape index (κ3) is 2.97. The van der Waals surface area contributed by atoms with Crippen molar-refractivity contribution >= 4 is 5.84 Å². The molecule has 1 aromatic carbocycles. The fourth-order valence-corrected chi connectivity index (χ4v) is 2.24. The van der Waals surface area contributed by atoms with E-state index in [-0.39, 0.29) is 17.0 Å². The van der Waals surface area contributed by atoms with Crippen LogP contribution in [0.5, 0.6) is 5.75 Å². The molecule has 0 spiro atoms. The molecule has 0 saturated carbocycles. The summed E-state index contributed by atoms with van der Waals surface area (Å²) in [7, 11) is 1.61. The number of hydrogen-bond donors (Lipinski definition) is 2. The number of nitrogen functional groups attached to an aromatic ring is 1. The smallest absolute Gasteiger partial charge is 0.262 e. The normalized spacial score (nSPS) is 10.4. The molecule has 0 aliphatic carbocycles. The van der Waals surface area contributed by atoms with Crippen molar-refractivity contribution in [3.63, 3.8) is 0 Å². The first-order valence-electron chi connectivity index (χ1n) is 6.81. The van der Waals surface area contributed by atoms with Crippen molar-refractivity contribution in [1.29, 1.82) is 5.41 Å². The van der Waals surface area contributed by atoms with Crippen LogP contribution in [0, 0.1) is 5.41 Å². The zero-order valence-electron chi connectivity index (χ0n) is 12.2. The topological polar surface area (TPSA) is 81.1 Å². The second-order valence-electron chi connectivity index (χ2n) is 4.73. The highest BCUT2D eigenvalue weighted by Crippen LogP contribution is 2.22. The molecule has 0 fully saturated rings. The van der Waals surface area contributed by atoms with Gasteiger partial charge in [-0.05, 0) is 48.4 Å². The monoisotopic (exact) mass is 285 g/mol. The lowest BCUT2D eigenvalue weighted by Crippen LogP contribution is -2.30. The second kappa shape index (κ2) is 6.26. The van der Waals surface area contributed by atoms with Crippen LogP contribution in [-0.2, 0) is 6.54 Å². The van der Waals surface area contributed by atoms with E-state index in [2.05, 4.69) is 0 Å². The van der Waals surface area contributed by atoms with Crippen LogP contribution in [0.25, 0.3) is 11.3 Å². The lowest BCUT2D eigenvalue weighted by Gasteiger charge is -2.14. The molecule has 0 aliphatic rings. The van der Waals surface area contributed by atoms with Gasteiger partial charge in [0.2, 0.25) is 0 Å². The quantitative estimate of drug-likeness (QED) is 0.653. The van der Waals surface area contributed by atoms with Crippen LogP contribution < -0.4 is 16.0 Å². The molecule has 5 heteroatoms. The summed E-state index contributed by atoms with van der Waals surface area (Å²) in [6, 6.07) is 11.0. The number of nitrogens with one attached hydrogen (secondary N) is 1. The van der Waals surface area contributed by atoms with E-state index in [1.165, 1.54) is 0 Å². The third-order valence-corrected chi connectivity index (χ3v) is 3.30. The van der Waals surface area contributed by atoms with E-state index >= 15 is 0 Å². The van der Waals surface area contributed by atoms with Gasteiger partial charge in [0.15, 0.2) is 0 Å². The summed E-state index contributed by atoms with van der Waals surface area (Å²) in [6.45, 7) is 2.59. The number of nitrogens with two attached hydrogens (primary N) is 1. The fraction of sp³-hybridized carbons (Fsp3) is 0.250. The summed E-state index contributed by atoms with van der Waals surface area (Å²) in [5.74, 6) is 0.564. The Labute approximate surface area is 123 Å². The van der Waals surface area contributed by atoms with Gasteiger partial charge in [-0.2, -0.15) is 0 Å². The fourth-order valence-electron chi connectivity index (χ4n) is 2.24. The highest BCUT2D eigenvalue weighted by Gasteiger charge is 2.11. The van der Waals surface area contributed by atoms with Gasteiger partial charge in [0.25, 0.3) is 5.56 Å². The minimum Gasteiger partial charge on any atom is -0.497 e. The molecule has 1 aromatic heterocycles. The van der Waals surface area contributed by atoms with E-state index in [1.807, 2.05) is 37.3 Å². The van der Waals surface area contributed by atoms with E-state index in [4.69, 9.17) is 15.9 Å². The van der Waals surface area contributed by atoms with Crippen LogP contribution in [0.2, 0.25) is 0 Å². The van der Waals surface area contributed by atoms with Gasteiger partial charge in [-0.1, -0.05) is 6.92 Å². The van der Waals surface area contributed by atoms with Crippen LogP contribution in [0.1, 0.15) is 18.9 Å². The molecule has 5 nitrogen and oxygen atoms in total. The van der Waals surface area contributed by atoms with Crippen molar-refractivity contribution in [1.82, 2.24) is 4.57 Å². The zero-order valence-corrected chi connectivity index (χ0v) is 12.2. The zero-order chi connectivity index (χ0) is 15.4. The molecule has 0 aliphatic heterocycles. The average Bonchev–Trinajstić information content (AvgIpc) is 2.49. The molecule has 0 unspecified atom stereocenters. The number of aromatic nitrogens is 1. The van der Waals surface area contributed by atoms with Crippen molar-refractivity contribution in [2.75, 3.05) is 7.11 Å². The second-order valence-corrected chi connectivity index (χ2v) is 4.73. The molecular formula is C16H19N3O2. The van der Waals surface area contributed by atoms with E-state index in [9.17, 15) is 4.79 Å². The summed E-state index contributed by atoms with van der Waals surface area (Å²) in [5.41, 5.74) is 7.21. The standard InChI is InChI=1S/C16H19N3O2/c1-3-10-19-14(9-8-13(15(17)18)16(19)20)11-4-6-12(21-2)7-5-11/h4-9H,3,10H2,1-2H3,(H3,17,18). The lowest BCUT2D eigenvalue weighted by molar-refractivity contribution is 0.415. The Morgan fingerprint density at radius 3 is 2.43 bits per heavy atom. The predicted molar refractivity (Wildman–Crippen MR) is 84.0 cm³/mol. The van der Waals surface area contributed by atoms with Gasteiger partial charge < -0.3 is 15.0 Å². The summed E-state index contributed by atoms with van der Waals surface area (Å²) >= 11 is 0. The number of methoxy groups -OCH3 is 1.